The predicted octanol–water partition coefficient (Wildman–Crippen LogP) is 3.91. The summed E-state index contributed by atoms with van der Waals surface area (Å²) < 4.78 is 0. The summed E-state index contributed by atoms with van der Waals surface area (Å²) in [5.41, 5.74) is 4.10. The van der Waals surface area contributed by atoms with Crippen molar-refractivity contribution in [2.45, 2.75) is 76.5 Å². The molecule has 1 aliphatic heterocycles. The molecule has 2 heterocycles. The molecule has 1 unspecified atom stereocenters. The number of nitrogens with one attached hydrogen (secondary N) is 1. The molecule has 1 saturated heterocycles. The van der Waals surface area contributed by atoms with E-state index >= 15 is 0 Å². The third-order valence-electron chi connectivity index (χ3n) is 7.16. The number of fused-ring (bicyclic) bond motifs is 2. The van der Waals surface area contributed by atoms with Crippen LogP contribution in [0.4, 0.5) is 5.82 Å². The Kier molecular flexibility index (Phi) is 4.64. The van der Waals surface area contributed by atoms with E-state index in [0.717, 1.165) is 69.8 Å². The first-order chi connectivity index (χ1) is 13.6. The Labute approximate surface area is 168 Å². The maximum atomic E-state index is 12.7. The van der Waals surface area contributed by atoms with E-state index in [1.165, 1.54) is 42.5 Å². The highest BCUT2D eigenvalue weighted by molar-refractivity contribution is 5.81. The van der Waals surface area contributed by atoms with Crippen LogP contribution >= 0.6 is 0 Å². The highest BCUT2D eigenvalue weighted by Crippen LogP contribution is 2.46. The molecule has 1 aromatic heterocycles. The maximum absolute atomic E-state index is 12.7. The highest BCUT2D eigenvalue weighted by Gasteiger charge is 2.47. The standard InChI is InChI=1S/C23H32N4O/c1-16-25-20-19(21(26-16)24-14-17-6-3-2-4-7-17)10-12-23(20)11-5-13-27(15-23)22(28)18-8-9-18/h6,18H,2-5,7-15H2,1H3,(H,24,25,26). The molecule has 1 atom stereocenters. The monoisotopic (exact) mass is 380 g/mol. The Hall–Kier alpha value is -1.91. The fourth-order valence-electron chi connectivity index (χ4n) is 5.47. The summed E-state index contributed by atoms with van der Waals surface area (Å²) in [6.07, 6.45) is 14.0. The summed E-state index contributed by atoms with van der Waals surface area (Å²) in [4.78, 5) is 24.6. The molecule has 2 fully saturated rings. The molecule has 5 rings (SSSR count). The van der Waals surface area contributed by atoms with E-state index in [4.69, 9.17) is 9.97 Å². The smallest absolute Gasteiger partial charge is 0.225 e. The molecule has 0 aromatic carbocycles. The van der Waals surface area contributed by atoms with Crippen LogP contribution in [0.25, 0.3) is 0 Å². The number of carbonyl (C=O) groups is 1. The fraction of sp³-hybridized carbons (Fsp3) is 0.696. The van der Waals surface area contributed by atoms with Gasteiger partial charge in [0.25, 0.3) is 0 Å². The number of rotatable bonds is 4. The van der Waals surface area contributed by atoms with Gasteiger partial charge in [0.05, 0.1) is 5.69 Å². The minimum absolute atomic E-state index is 0.0480. The van der Waals surface area contributed by atoms with Crippen LogP contribution in [-0.2, 0) is 16.6 Å². The zero-order valence-electron chi connectivity index (χ0n) is 17.1. The van der Waals surface area contributed by atoms with Gasteiger partial charge in [-0.3, -0.25) is 4.79 Å². The van der Waals surface area contributed by atoms with Gasteiger partial charge in [0, 0.05) is 36.5 Å². The van der Waals surface area contributed by atoms with E-state index in [1.54, 1.807) is 0 Å². The van der Waals surface area contributed by atoms with E-state index in [1.807, 2.05) is 6.92 Å². The summed E-state index contributed by atoms with van der Waals surface area (Å²) in [5.74, 6) is 2.59. The van der Waals surface area contributed by atoms with Gasteiger partial charge >= 0.3 is 0 Å². The maximum Gasteiger partial charge on any atom is 0.225 e. The number of likely N-dealkylation sites (tertiary alicyclic amines) is 1. The lowest BCUT2D eigenvalue weighted by Crippen LogP contribution is -2.48. The molecule has 28 heavy (non-hydrogen) atoms. The number of hydrogen-bond acceptors (Lipinski definition) is 4. The van der Waals surface area contributed by atoms with Crippen molar-refractivity contribution in [3.8, 4) is 0 Å². The van der Waals surface area contributed by atoms with Crippen LogP contribution in [-0.4, -0.2) is 40.4 Å². The predicted molar refractivity (Wildman–Crippen MR) is 110 cm³/mol. The van der Waals surface area contributed by atoms with Crippen molar-refractivity contribution < 1.29 is 4.79 Å². The lowest BCUT2D eigenvalue weighted by molar-refractivity contribution is -0.134. The topological polar surface area (TPSA) is 58.1 Å². The molecule has 5 nitrogen and oxygen atoms in total. The Morgan fingerprint density at radius 1 is 1.21 bits per heavy atom. The number of amides is 1. The van der Waals surface area contributed by atoms with Gasteiger partial charge < -0.3 is 10.2 Å². The number of carbonyl (C=O) groups excluding carboxylic acids is 1. The van der Waals surface area contributed by atoms with Crippen LogP contribution in [0.3, 0.4) is 0 Å². The van der Waals surface area contributed by atoms with Crippen LogP contribution < -0.4 is 5.32 Å². The molecule has 4 aliphatic rings. The number of nitrogens with zero attached hydrogens (tertiary/aromatic N) is 3. The number of piperidine rings is 1. The van der Waals surface area contributed by atoms with Crippen LogP contribution in [0.1, 0.15) is 74.9 Å². The number of aryl methyl sites for hydroxylation is 1. The van der Waals surface area contributed by atoms with Crippen LogP contribution in [0.5, 0.6) is 0 Å². The Morgan fingerprint density at radius 2 is 2.11 bits per heavy atom. The first-order valence-corrected chi connectivity index (χ1v) is 11.2. The van der Waals surface area contributed by atoms with Crippen LogP contribution in [0.2, 0.25) is 0 Å². The van der Waals surface area contributed by atoms with Gasteiger partial charge in [-0.25, -0.2) is 9.97 Å². The van der Waals surface area contributed by atoms with Crippen molar-refractivity contribution in [2.24, 2.45) is 5.92 Å². The van der Waals surface area contributed by atoms with Crippen LogP contribution in [0, 0.1) is 12.8 Å². The summed E-state index contributed by atoms with van der Waals surface area (Å²) in [6.45, 7) is 4.70. The lowest BCUT2D eigenvalue weighted by Gasteiger charge is -2.40. The number of aromatic nitrogens is 2. The highest BCUT2D eigenvalue weighted by atomic mass is 16.2. The Bertz CT molecular complexity index is 813. The molecular weight excluding hydrogens is 348 g/mol. The first-order valence-electron chi connectivity index (χ1n) is 11.2. The average molecular weight is 381 g/mol. The molecule has 1 saturated carbocycles. The second-order valence-electron chi connectivity index (χ2n) is 9.33. The van der Waals surface area contributed by atoms with E-state index in [-0.39, 0.29) is 5.41 Å². The number of hydrogen-bond donors (Lipinski definition) is 1. The van der Waals surface area contributed by atoms with Gasteiger partial charge in [0.15, 0.2) is 0 Å². The molecule has 0 radical (unpaired) electrons. The van der Waals surface area contributed by atoms with E-state index in [0.29, 0.717) is 11.8 Å². The molecule has 1 N–H and O–H groups in total. The largest absolute Gasteiger partial charge is 0.366 e. The zero-order valence-corrected chi connectivity index (χ0v) is 17.1. The molecule has 0 bridgehead atoms. The second kappa shape index (κ2) is 7.16. The molecule has 1 spiro atoms. The van der Waals surface area contributed by atoms with Crippen molar-refractivity contribution in [1.29, 1.82) is 0 Å². The van der Waals surface area contributed by atoms with Crippen molar-refractivity contribution in [2.75, 3.05) is 25.0 Å². The Balaban J connectivity index is 1.39. The summed E-state index contributed by atoms with van der Waals surface area (Å²) in [7, 11) is 0. The van der Waals surface area contributed by atoms with Gasteiger partial charge in [-0.05, 0) is 71.1 Å². The van der Waals surface area contributed by atoms with Crippen LogP contribution in [0.15, 0.2) is 11.6 Å². The number of allylic oxidation sites excluding steroid dienone is 1. The lowest BCUT2D eigenvalue weighted by atomic mass is 9.77. The van der Waals surface area contributed by atoms with Gasteiger partial charge in [-0.1, -0.05) is 11.6 Å². The summed E-state index contributed by atoms with van der Waals surface area (Å²) >= 11 is 0. The molecule has 1 aromatic rings. The van der Waals surface area contributed by atoms with E-state index < -0.39 is 0 Å². The van der Waals surface area contributed by atoms with Crippen molar-refractivity contribution in [1.82, 2.24) is 14.9 Å². The number of anilines is 1. The third-order valence-corrected chi connectivity index (χ3v) is 7.16. The van der Waals surface area contributed by atoms with Crippen molar-refractivity contribution >= 4 is 11.7 Å². The second-order valence-corrected chi connectivity index (χ2v) is 9.33. The quantitative estimate of drug-likeness (QED) is 0.805. The summed E-state index contributed by atoms with van der Waals surface area (Å²) in [6, 6.07) is 0. The van der Waals surface area contributed by atoms with Gasteiger partial charge in [0.2, 0.25) is 5.91 Å². The fourth-order valence-corrected chi connectivity index (χ4v) is 5.47. The van der Waals surface area contributed by atoms with Crippen molar-refractivity contribution in [3.63, 3.8) is 0 Å². The summed E-state index contributed by atoms with van der Waals surface area (Å²) in [5, 5.41) is 3.64. The normalized spacial score (nSPS) is 26.9. The van der Waals surface area contributed by atoms with E-state index in [9.17, 15) is 4.79 Å². The van der Waals surface area contributed by atoms with Crippen molar-refractivity contribution in [3.05, 3.63) is 28.7 Å². The molecule has 150 valence electrons. The molecule has 1 amide bonds. The minimum Gasteiger partial charge on any atom is -0.366 e. The van der Waals surface area contributed by atoms with E-state index in [2.05, 4.69) is 16.3 Å². The van der Waals surface area contributed by atoms with Gasteiger partial charge in [0.1, 0.15) is 11.6 Å². The minimum atomic E-state index is 0.0480. The first kappa shape index (κ1) is 18.1. The Morgan fingerprint density at radius 3 is 2.89 bits per heavy atom. The molecule has 3 aliphatic carbocycles. The average Bonchev–Trinajstić information content (AvgIpc) is 3.52. The SMILES string of the molecule is Cc1nc(NCC2=CCCCC2)c2c(n1)C1(CCCN(C(=O)C3CC3)C1)CC2. The third kappa shape index (κ3) is 3.33. The molecule has 5 heteroatoms. The van der Waals surface area contributed by atoms with Gasteiger partial charge in [-0.2, -0.15) is 0 Å². The molecular formula is C23H32N4O. The van der Waals surface area contributed by atoms with Gasteiger partial charge in [-0.15, -0.1) is 0 Å². The zero-order chi connectivity index (χ0) is 19.1.